The molecule has 0 spiro atoms. The molecular formula is C19H20BrNO3. The normalized spacial score (nSPS) is 11.6. The van der Waals surface area contributed by atoms with E-state index < -0.39 is 5.97 Å². The highest BCUT2D eigenvalue weighted by Gasteiger charge is 2.15. The lowest BCUT2D eigenvalue weighted by atomic mass is 9.97. The molecule has 0 fully saturated rings. The lowest BCUT2D eigenvalue weighted by molar-refractivity contribution is -0.119. The molecule has 0 heterocycles. The molecule has 1 N–H and O–H groups in total. The van der Waals surface area contributed by atoms with Gasteiger partial charge in [-0.1, -0.05) is 44.2 Å². The van der Waals surface area contributed by atoms with Gasteiger partial charge >= 0.3 is 5.97 Å². The van der Waals surface area contributed by atoms with Crippen molar-refractivity contribution >= 4 is 33.5 Å². The fraction of sp³-hybridized carbons (Fsp3) is 0.263. The molecule has 0 aliphatic carbocycles. The Kier molecular flexibility index (Phi) is 6.55. The minimum atomic E-state index is -0.534. The molecule has 0 bridgehead atoms. The number of benzene rings is 2. The maximum Gasteiger partial charge on any atom is 0.339 e. The lowest BCUT2D eigenvalue weighted by Crippen LogP contribution is -2.22. The number of esters is 1. The topological polar surface area (TPSA) is 55.4 Å². The molecule has 0 aromatic heterocycles. The summed E-state index contributed by atoms with van der Waals surface area (Å²) in [5.41, 5.74) is 2.23. The van der Waals surface area contributed by atoms with Crippen molar-refractivity contribution in [1.82, 2.24) is 0 Å². The molecule has 4 nitrogen and oxygen atoms in total. The quantitative estimate of drug-likeness (QED) is 0.724. The van der Waals surface area contributed by atoms with Crippen LogP contribution < -0.4 is 5.32 Å². The van der Waals surface area contributed by atoms with Gasteiger partial charge in [0.2, 0.25) is 0 Å². The van der Waals surface area contributed by atoms with Crippen LogP contribution in [0.2, 0.25) is 0 Å². The number of anilines is 1. The van der Waals surface area contributed by atoms with Crippen molar-refractivity contribution in [3.8, 4) is 0 Å². The summed E-state index contributed by atoms with van der Waals surface area (Å²) in [7, 11) is 0. The molecule has 0 aliphatic heterocycles. The first-order chi connectivity index (χ1) is 11.5. The van der Waals surface area contributed by atoms with Crippen molar-refractivity contribution in [3.63, 3.8) is 0 Å². The average molecular weight is 390 g/mol. The molecule has 0 saturated heterocycles. The van der Waals surface area contributed by atoms with Crippen LogP contribution in [0.3, 0.4) is 0 Å². The number of rotatable bonds is 6. The number of amides is 1. The minimum absolute atomic E-state index is 0.324. The van der Waals surface area contributed by atoms with Crippen LogP contribution in [0.4, 0.5) is 5.69 Å². The predicted molar refractivity (Wildman–Crippen MR) is 98.2 cm³/mol. The monoisotopic (exact) mass is 389 g/mol. The first-order valence-corrected chi connectivity index (χ1v) is 8.62. The minimum Gasteiger partial charge on any atom is -0.452 e. The molecule has 24 heavy (non-hydrogen) atoms. The highest BCUT2D eigenvalue weighted by atomic mass is 79.9. The van der Waals surface area contributed by atoms with Gasteiger partial charge in [0.25, 0.3) is 5.91 Å². The molecule has 0 aliphatic rings. The second-order valence-corrected chi connectivity index (χ2v) is 6.36. The maximum atomic E-state index is 12.1. The van der Waals surface area contributed by atoms with Gasteiger partial charge in [-0.15, -0.1) is 0 Å². The van der Waals surface area contributed by atoms with Crippen LogP contribution in [0.1, 0.15) is 42.1 Å². The number of nitrogens with one attached hydrogen (secondary N) is 1. The standard InChI is InChI=1S/C19H20BrNO3/c1-3-13(2)14-8-5-7-11-17(14)21-18(22)12-24-19(23)15-9-4-6-10-16(15)20/h4-11,13H,3,12H2,1-2H3,(H,21,22)/t13-/m0/s1. The molecule has 126 valence electrons. The van der Waals surface area contributed by atoms with Crippen molar-refractivity contribution in [2.75, 3.05) is 11.9 Å². The van der Waals surface area contributed by atoms with Gasteiger partial charge in [0.1, 0.15) is 0 Å². The van der Waals surface area contributed by atoms with E-state index in [-0.39, 0.29) is 12.5 Å². The van der Waals surface area contributed by atoms with Gasteiger partial charge in [-0.3, -0.25) is 4.79 Å². The molecular weight excluding hydrogens is 370 g/mol. The molecule has 1 atom stereocenters. The first-order valence-electron chi connectivity index (χ1n) is 7.83. The van der Waals surface area contributed by atoms with E-state index in [4.69, 9.17) is 4.74 Å². The summed E-state index contributed by atoms with van der Waals surface area (Å²) in [4.78, 5) is 24.1. The Morgan fingerprint density at radius 2 is 1.79 bits per heavy atom. The highest BCUT2D eigenvalue weighted by Crippen LogP contribution is 2.26. The van der Waals surface area contributed by atoms with Crippen LogP contribution in [0.15, 0.2) is 53.0 Å². The first kappa shape index (κ1) is 18.2. The Hall–Kier alpha value is -2.14. The van der Waals surface area contributed by atoms with Gasteiger partial charge in [0, 0.05) is 10.2 Å². The maximum absolute atomic E-state index is 12.1. The zero-order valence-electron chi connectivity index (χ0n) is 13.7. The van der Waals surface area contributed by atoms with Gasteiger partial charge in [0.15, 0.2) is 6.61 Å². The van der Waals surface area contributed by atoms with Crippen LogP contribution in [0.5, 0.6) is 0 Å². The number of para-hydroxylation sites is 1. The van der Waals surface area contributed by atoms with E-state index in [1.807, 2.05) is 24.3 Å². The van der Waals surface area contributed by atoms with Crippen molar-refractivity contribution in [3.05, 3.63) is 64.1 Å². The van der Waals surface area contributed by atoms with Crippen LogP contribution >= 0.6 is 15.9 Å². The van der Waals surface area contributed by atoms with Gasteiger partial charge in [-0.2, -0.15) is 0 Å². The van der Waals surface area contributed by atoms with Crippen molar-refractivity contribution in [2.24, 2.45) is 0 Å². The number of halogens is 1. The molecule has 2 rings (SSSR count). The lowest BCUT2D eigenvalue weighted by Gasteiger charge is -2.15. The second kappa shape index (κ2) is 8.64. The number of hydrogen-bond donors (Lipinski definition) is 1. The average Bonchev–Trinajstić information content (AvgIpc) is 2.60. The molecule has 0 saturated carbocycles. The number of carbonyl (C=O) groups excluding carboxylic acids is 2. The third-order valence-corrected chi connectivity index (χ3v) is 4.50. The van der Waals surface area contributed by atoms with Crippen molar-refractivity contribution < 1.29 is 14.3 Å². The summed E-state index contributed by atoms with van der Waals surface area (Å²) < 4.78 is 5.73. The summed E-state index contributed by atoms with van der Waals surface area (Å²) in [5, 5.41) is 2.82. The highest BCUT2D eigenvalue weighted by molar-refractivity contribution is 9.10. The Morgan fingerprint density at radius 3 is 2.50 bits per heavy atom. The van der Waals surface area contributed by atoms with Crippen LogP contribution in [-0.2, 0) is 9.53 Å². The van der Waals surface area contributed by atoms with Crippen molar-refractivity contribution in [1.29, 1.82) is 0 Å². The Morgan fingerprint density at radius 1 is 1.12 bits per heavy atom. The van der Waals surface area contributed by atoms with E-state index >= 15 is 0 Å². The van der Waals surface area contributed by atoms with E-state index in [9.17, 15) is 9.59 Å². The van der Waals surface area contributed by atoms with E-state index in [0.29, 0.717) is 16.0 Å². The molecule has 1 amide bonds. The van der Waals surface area contributed by atoms with E-state index in [0.717, 1.165) is 17.7 Å². The van der Waals surface area contributed by atoms with E-state index in [1.165, 1.54) is 0 Å². The Labute approximate surface area is 150 Å². The predicted octanol–water partition coefficient (Wildman–Crippen LogP) is 4.76. The molecule has 2 aromatic rings. The van der Waals surface area contributed by atoms with E-state index in [1.54, 1.807) is 24.3 Å². The fourth-order valence-corrected chi connectivity index (χ4v) is 2.73. The van der Waals surface area contributed by atoms with Gasteiger partial charge in [0.05, 0.1) is 5.56 Å². The third-order valence-electron chi connectivity index (χ3n) is 3.81. The number of hydrogen-bond acceptors (Lipinski definition) is 3. The zero-order valence-corrected chi connectivity index (χ0v) is 15.3. The molecule has 2 aromatic carbocycles. The summed E-state index contributed by atoms with van der Waals surface area (Å²) in [6.45, 7) is 3.88. The summed E-state index contributed by atoms with van der Waals surface area (Å²) in [5.74, 6) is -0.552. The number of ether oxygens (including phenoxy) is 1. The summed E-state index contributed by atoms with van der Waals surface area (Å²) >= 11 is 3.29. The molecule has 5 heteroatoms. The van der Waals surface area contributed by atoms with Crippen LogP contribution in [0.25, 0.3) is 0 Å². The second-order valence-electron chi connectivity index (χ2n) is 5.50. The summed E-state index contributed by atoms with van der Waals surface area (Å²) in [6.07, 6.45) is 0.976. The Balaban J connectivity index is 1.97. The largest absolute Gasteiger partial charge is 0.452 e. The SMILES string of the molecule is CC[C@H](C)c1ccccc1NC(=O)COC(=O)c1ccccc1Br. The molecule has 0 unspecified atom stereocenters. The smallest absolute Gasteiger partial charge is 0.339 e. The van der Waals surface area contributed by atoms with Gasteiger partial charge < -0.3 is 10.1 Å². The number of carbonyl (C=O) groups is 2. The van der Waals surface area contributed by atoms with Crippen LogP contribution in [0, 0.1) is 0 Å². The molecule has 0 radical (unpaired) electrons. The summed E-state index contributed by atoms with van der Waals surface area (Å²) in [6, 6.07) is 14.6. The van der Waals surface area contributed by atoms with E-state index in [2.05, 4.69) is 35.1 Å². The van der Waals surface area contributed by atoms with Crippen molar-refractivity contribution in [2.45, 2.75) is 26.2 Å². The zero-order chi connectivity index (χ0) is 17.5. The van der Waals surface area contributed by atoms with Gasteiger partial charge in [-0.25, -0.2) is 4.79 Å². The third kappa shape index (κ3) is 4.68. The Bertz CT molecular complexity index is 730. The fourth-order valence-electron chi connectivity index (χ4n) is 2.28. The van der Waals surface area contributed by atoms with Gasteiger partial charge in [-0.05, 0) is 52.0 Å². The van der Waals surface area contributed by atoms with Crippen LogP contribution in [-0.4, -0.2) is 18.5 Å².